The standard InChI is InChI=1S/C24H33N3O2S/c1-15-11-20(27(13-15)21(28)12-24(4,5)6)23(29)26-16(2)18-7-9-19(10-8-18)22-17(3)25-14-30-22/h7-10,14-16,20H,11-13H2,1-6H3,(H,26,29)/t15-,16+,20+/m1/s1. The fraction of sp³-hybridized carbons (Fsp3) is 0.542. The molecule has 0 aliphatic carbocycles. The Hall–Kier alpha value is -2.21. The largest absolute Gasteiger partial charge is 0.348 e. The Morgan fingerprint density at radius 1 is 1.27 bits per heavy atom. The van der Waals surface area contributed by atoms with Crippen LogP contribution in [0.25, 0.3) is 10.4 Å². The summed E-state index contributed by atoms with van der Waals surface area (Å²) in [5.41, 5.74) is 4.99. The number of benzene rings is 1. The van der Waals surface area contributed by atoms with Crippen molar-refractivity contribution in [3.8, 4) is 10.4 Å². The lowest BCUT2D eigenvalue weighted by Gasteiger charge is -2.28. The molecule has 0 spiro atoms. The van der Waals surface area contributed by atoms with E-state index in [4.69, 9.17) is 0 Å². The van der Waals surface area contributed by atoms with Gasteiger partial charge in [0.05, 0.1) is 22.1 Å². The zero-order chi connectivity index (χ0) is 22.1. The number of hydrogen-bond donors (Lipinski definition) is 1. The fourth-order valence-electron chi connectivity index (χ4n) is 4.02. The SMILES string of the molecule is Cc1ncsc1-c1ccc([C@H](C)NC(=O)[C@@H]2C[C@@H](C)CN2C(=O)CC(C)(C)C)cc1. The predicted molar refractivity (Wildman–Crippen MR) is 122 cm³/mol. The molecule has 2 heterocycles. The van der Waals surface area contributed by atoms with Crippen LogP contribution in [-0.2, 0) is 9.59 Å². The van der Waals surface area contributed by atoms with Crippen molar-refractivity contribution in [2.45, 2.75) is 66.5 Å². The molecule has 1 aromatic heterocycles. The molecule has 6 heteroatoms. The van der Waals surface area contributed by atoms with E-state index in [9.17, 15) is 9.59 Å². The minimum Gasteiger partial charge on any atom is -0.348 e. The number of hydrogen-bond acceptors (Lipinski definition) is 4. The quantitative estimate of drug-likeness (QED) is 0.733. The smallest absolute Gasteiger partial charge is 0.243 e. The maximum atomic E-state index is 13.0. The summed E-state index contributed by atoms with van der Waals surface area (Å²) < 4.78 is 0. The Balaban J connectivity index is 1.66. The van der Waals surface area contributed by atoms with E-state index in [1.807, 2.05) is 19.4 Å². The van der Waals surface area contributed by atoms with E-state index in [0.717, 1.165) is 23.2 Å². The third kappa shape index (κ3) is 5.28. The number of thiazole rings is 1. The van der Waals surface area contributed by atoms with Gasteiger partial charge in [0, 0.05) is 13.0 Å². The van der Waals surface area contributed by atoms with Crippen LogP contribution in [0.5, 0.6) is 0 Å². The molecule has 3 atom stereocenters. The van der Waals surface area contributed by atoms with E-state index in [1.54, 1.807) is 16.2 Å². The van der Waals surface area contributed by atoms with Crippen LogP contribution in [0.2, 0.25) is 0 Å². The average molecular weight is 428 g/mol. The maximum absolute atomic E-state index is 13.0. The summed E-state index contributed by atoms with van der Waals surface area (Å²) in [5, 5.41) is 3.13. The van der Waals surface area contributed by atoms with Crippen molar-refractivity contribution in [2.24, 2.45) is 11.3 Å². The average Bonchev–Trinajstić information content (AvgIpc) is 3.26. The van der Waals surface area contributed by atoms with Gasteiger partial charge < -0.3 is 10.2 Å². The molecular formula is C24H33N3O2S. The Morgan fingerprint density at radius 2 is 1.93 bits per heavy atom. The van der Waals surface area contributed by atoms with Crippen molar-refractivity contribution in [3.63, 3.8) is 0 Å². The minimum atomic E-state index is -0.378. The lowest BCUT2D eigenvalue weighted by atomic mass is 9.91. The van der Waals surface area contributed by atoms with Gasteiger partial charge in [-0.1, -0.05) is 52.0 Å². The van der Waals surface area contributed by atoms with E-state index >= 15 is 0 Å². The first-order valence-corrected chi connectivity index (χ1v) is 11.5. The highest BCUT2D eigenvalue weighted by Gasteiger charge is 2.38. The zero-order valence-electron chi connectivity index (χ0n) is 18.9. The van der Waals surface area contributed by atoms with Crippen molar-refractivity contribution in [3.05, 3.63) is 41.0 Å². The van der Waals surface area contributed by atoms with E-state index in [0.29, 0.717) is 18.9 Å². The monoisotopic (exact) mass is 427 g/mol. The molecule has 1 aromatic carbocycles. The summed E-state index contributed by atoms with van der Waals surface area (Å²) in [5.74, 6) is 0.349. The number of amides is 2. The molecule has 3 rings (SSSR count). The molecule has 1 N–H and O–H groups in total. The van der Waals surface area contributed by atoms with Crippen molar-refractivity contribution in [2.75, 3.05) is 6.54 Å². The van der Waals surface area contributed by atoms with Gasteiger partial charge in [-0.25, -0.2) is 4.98 Å². The second kappa shape index (κ2) is 8.88. The van der Waals surface area contributed by atoms with Gasteiger partial charge in [-0.3, -0.25) is 9.59 Å². The molecule has 5 nitrogen and oxygen atoms in total. The number of nitrogens with one attached hydrogen (secondary N) is 1. The number of aromatic nitrogens is 1. The van der Waals surface area contributed by atoms with Crippen LogP contribution < -0.4 is 5.32 Å². The Bertz CT molecular complexity index is 898. The third-order valence-corrected chi connectivity index (χ3v) is 6.57. The Morgan fingerprint density at radius 3 is 2.50 bits per heavy atom. The van der Waals surface area contributed by atoms with E-state index in [1.165, 1.54) is 4.88 Å². The van der Waals surface area contributed by atoms with Gasteiger partial charge in [0.25, 0.3) is 0 Å². The number of carbonyl (C=O) groups excluding carboxylic acids is 2. The fourth-order valence-corrected chi connectivity index (χ4v) is 4.83. The van der Waals surface area contributed by atoms with E-state index in [-0.39, 0.29) is 29.3 Å². The van der Waals surface area contributed by atoms with Gasteiger partial charge >= 0.3 is 0 Å². The van der Waals surface area contributed by atoms with Crippen LogP contribution in [0.4, 0.5) is 0 Å². The molecule has 162 valence electrons. The molecular weight excluding hydrogens is 394 g/mol. The molecule has 2 aromatic rings. The topological polar surface area (TPSA) is 62.3 Å². The predicted octanol–water partition coefficient (Wildman–Crippen LogP) is 4.97. The number of carbonyl (C=O) groups is 2. The van der Waals surface area contributed by atoms with Crippen LogP contribution in [0.15, 0.2) is 29.8 Å². The van der Waals surface area contributed by atoms with Crippen molar-refractivity contribution in [1.29, 1.82) is 0 Å². The van der Waals surface area contributed by atoms with Crippen molar-refractivity contribution < 1.29 is 9.59 Å². The second-order valence-corrected chi connectivity index (χ2v) is 10.6. The molecule has 1 aliphatic rings. The molecule has 30 heavy (non-hydrogen) atoms. The summed E-state index contributed by atoms with van der Waals surface area (Å²) in [7, 11) is 0. The zero-order valence-corrected chi connectivity index (χ0v) is 19.7. The number of nitrogens with zero attached hydrogens (tertiary/aromatic N) is 2. The van der Waals surface area contributed by atoms with E-state index < -0.39 is 0 Å². The highest BCUT2D eigenvalue weighted by molar-refractivity contribution is 7.13. The third-order valence-electron chi connectivity index (χ3n) is 5.59. The molecule has 1 fully saturated rings. The first kappa shape index (κ1) is 22.5. The van der Waals surface area contributed by atoms with Crippen LogP contribution in [0, 0.1) is 18.3 Å². The van der Waals surface area contributed by atoms with Gasteiger partial charge in [0.2, 0.25) is 11.8 Å². The summed E-state index contributed by atoms with van der Waals surface area (Å²) in [6.07, 6.45) is 1.18. The molecule has 0 saturated carbocycles. The molecule has 2 amide bonds. The molecule has 1 saturated heterocycles. The minimum absolute atomic E-state index is 0.0588. The summed E-state index contributed by atoms with van der Waals surface area (Å²) >= 11 is 1.63. The number of aryl methyl sites for hydroxylation is 1. The van der Waals surface area contributed by atoms with Crippen LogP contribution in [0.1, 0.15) is 64.8 Å². The lowest BCUT2D eigenvalue weighted by Crippen LogP contribution is -2.47. The van der Waals surface area contributed by atoms with Gasteiger partial charge in [0.1, 0.15) is 6.04 Å². The molecule has 0 bridgehead atoms. The summed E-state index contributed by atoms with van der Waals surface area (Å²) in [6.45, 7) is 12.9. The maximum Gasteiger partial charge on any atom is 0.243 e. The first-order chi connectivity index (χ1) is 14.0. The highest BCUT2D eigenvalue weighted by Crippen LogP contribution is 2.30. The van der Waals surface area contributed by atoms with E-state index in [2.05, 4.69) is 62.3 Å². The second-order valence-electron chi connectivity index (χ2n) is 9.76. The number of likely N-dealkylation sites (tertiary alicyclic amines) is 1. The Kier molecular flexibility index (Phi) is 6.65. The summed E-state index contributed by atoms with van der Waals surface area (Å²) in [6, 6.07) is 7.77. The van der Waals surface area contributed by atoms with Crippen LogP contribution in [-0.4, -0.2) is 34.3 Å². The molecule has 0 unspecified atom stereocenters. The van der Waals surface area contributed by atoms with Gasteiger partial charge in [-0.15, -0.1) is 11.3 Å². The van der Waals surface area contributed by atoms with Gasteiger partial charge in [-0.2, -0.15) is 0 Å². The molecule has 0 radical (unpaired) electrons. The number of rotatable bonds is 5. The van der Waals surface area contributed by atoms with Crippen LogP contribution >= 0.6 is 11.3 Å². The first-order valence-electron chi connectivity index (χ1n) is 10.7. The normalized spacial score (nSPS) is 20.3. The van der Waals surface area contributed by atoms with Crippen LogP contribution in [0.3, 0.4) is 0 Å². The van der Waals surface area contributed by atoms with Gasteiger partial charge in [0.15, 0.2) is 0 Å². The highest BCUT2D eigenvalue weighted by atomic mass is 32.1. The Labute approximate surface area is 183 Å². The lowest BCUT2D eigenvalue weighted by molar-refractivity contribution is -0.140. The van der Waals surface area contributed by atoms with Gasteiger partial charge in [-0.05, 0) is 42.7 Å². The van der Waals surface area contributed by atoms with Crippen molar-refractivity contribution in [1.82, 2.24) is 15.2 Å². The summed E-state index contributed by atoms with van der Waals surface area (Å²) in [4.78, 5) is 33.1. The van der Waals surface area contributed by atoms with Crippen molar-refractivity contribution >= 4 is 23.2 Å². The molecule has 1 aliphatic heterocycles.